The van der Waals surface area contributed by atoms with Gasteiger partial charge in [0, 0.05) is 37.0 Å². The fourth-order valence-electron chi connectivity index (χ4n) is 4.01. The summed E-state index contributed by atoms with van der Waals surface area (Å²) in [6.45, 7) is 5.72. The highest BCUT2D eigenvalue weighted by molar-refractivity contribution is 6.30. The molecule has 0 aliphatic carbocycles. The number of aromatic hydroxyl groups is 1. The third kappa shape index (κ3) is 4.37. The second kappa shape index (κ2) is 8.05. The first-order valence-corrected chi connectivity index (χ1v) is 9.98. The number of hydrogen-bond acceptors (Lipinski definition) is 5. The highest BCUT2D eigenvalue weighted by Crippen LogP contribution is 2.37. The van der Waals surface area contributed by atoms with Gasteiger partial charge in [-0.2, -0.15) is 0 Å². The van der Waals surface area contributed by atoms with E-state index in [2.05, 4.69) is 27.9 Å². The van der Waals surface area contributed by atoms with Gasteiger partial charge in [-0.05, 0) is 63.2 Å². The normalized spacial score (nSPS) is 19.3. The Bertz CT molecular complexity index is 789. The number of nitrogens with zero attached hydrogens (tertiary/aromatic N) is 3. The third-order valence-electron chi connectivity index (χ3n) is 5.57. The van der Waals surface area contributed by atoms with Gasteiger partial charge >= 0.3 is 0 Å². The van der Waals surface area contributed by atoms with Crippen molar-refractivity contribution in [3.8, 4) is 22.8 Å². The number of hydrogen-bond donors (Lipinski definition) is 1. The molecule has 2 aromatic rings. The van der Waals surface area contributed by atoms with Crippen LogP contribution in [0.5, 0.6) is 11.5 Å². The SMILES string of the molecule is CN1CCC(CN2CCOc3c(O)cc(-c4ccc(Cl)cn4)cc3C2)CC1. The van der Waals surface area contributed by atoms with E-state index in [1.807, 2.05) is 12.1 Å². The highest BCUT2D eigenvalue weighted by atomic mass is 35.5. The second-order valence-corrected chi connectivity index (χ2v) is 8.11. The molecule has 2 aliphatic heterocycles. The molecule has 1 aromatic heterocycles. The Hall–Kier alpha value is -1.82. The van der Waals surface area contributed by atoms with Crippen LogP contribution in [0.1, 0.15) is 18.4 Å². The molecule has 1 fully saturated rings. The van der Waals surface area contributed by atoms with Gasteiger partial charge < -0.3 is 14.7 Å². The summed E-state index contributed by atoms with van der Waals surface area (Å²) in [6, 6.07) is 7.49. The summed E-state index contributed by atoms with van der Waals surface area (Å²) in [7, 11) is 2.20. The number of likely N-dealkylation sites (tertiary alicyclic amines) is 1. The number of phenolic OH excluding ortho intramolecular Hbond substituents is 1. The van der Waals surface area contributed by atoms with Crippen LogP contribution in [0.4, 0.5) is 0 Å². The van der Waals surface area contributed by atoms with Crippen molar-refractivity contribution in [1.82, 2.24) is 14.8 Å². The lowest BCUT2D eigenvalue weighted by atomic mass is 9.96. The Labute approximate surface area is 165 Å². The molecule has 0 atom stereocenters. The Morgan fingerprint density at radius 3 is 2.78 bits per heavy atom. The lowest BCUT2D eigenvalue weighted by molar-refractivity contribution is 0.148. The van der Waals surface area contributed by atoms with Crippen LogP contribution in [-0.4, -0.2) is 59.7 Å². The van der Waals surface area contributed by atoms with Gasteiger partial charge in [-0.3, -0.25) is 9.88 Å². The van der Waals surface area contributed by atoms with Crippen molar-refractivity contribution in [2.75, 3.05) is 39.8 Å². The molecule has 0 radical (unpaired) electrons. The van der Waals surface area contributed by atoms with Crippen molar-refractivity contribution >= 4 is 11.6 Å². The van der Waals surface area contributed by atoms with E-state index in [1.165, 1.54) is 25.9 Å². The van der Waals surface area contributed by atoms with Crippen LogP contribution in [0.3, 0.4) is 0 Å². The number of halogens is 1. The molecule has 0 amide bonds. The topological polar surface area (TPSA) is 48.8 Å². The molecule has 27 heavy (non-hydrogen) atoms. The first kappa shape index (κ1) is 18.5. The fourth-order valence-corrected chi connectivity index (χ4v) is 4.12. The smallest absolute Gasteiger partial charge is 0.165 e. The minimum Gasteiger partial charge on any atom is -0.504 e. The largest absolute Gasteiger partial charge is 0.504 e. The van der Waals surface area contributed by atoms with Gasteiger partial charge in [0.25, 0.3) is 0 Å². The van der Waals surface area contributed by atoms with E-state index in [4.69, 9.17) is 16.3 Å². The molecule has 1 saturated heterocycles. The Balaban J connectivity index is 1.54. The summed E-state index contributed by atoms with van der Waals surface area (Å²) in [6.07, 6.45) is 4.13. The predicted octanol–water partition coefficient (Wildman–Crippen LogP) is 3.64. The van der Waals surface area contributed by atoms with Crippen molar-refractivity contribution in [3.05, 3.63) is 41.0 Å². The third-order valence-corrected chi connectivity index (χ3v) is 5.80. The maximum Gasteiger partial charge on any atom is 0.165 e. The zero-order valence-electron chi connectivity index (χ0n) is 15.7. The first-order chi connectivity index (χ1) is 13.1. The number of benzene rings is 1. The number of rotatable bonds is 3. The molecular formula is C21H26ClN3O2. The Kier molecular flexibility index (Phi) is 5.53. The average Bonchev–Trinajstić information content (AvgIpc) is 2.86. The van der Waals surface area contributed by atoms with Gasteiger partial charge in [0.2, 0.25) is 0 Å². The number of phenols is 1. The zero-order chi connectivity index (χ0) is 18.8. The van der Waals surface area contributed by atoms with Gasteiger partial charge in [-0.1, -0.05) is 11.6 Å². The van der Waals surface area contributed by atoms with Crippen LogP contribution < -0.4 is 4.74 Å². The molecule has 4 rings (SSSR count). The van der Waals surface area contributed by atoms with Gasteiger partial charge in [-0.15, -0.1) is 0 Å². The van der Waals surface area contributed by atoms with E-state index in [9.17, 15) is 5.11 Å². The molecule has 6 heteroatoms. The van der Waals surface area contributed by atoms with E-state index in [-0.39, 0.29) is 5.75 Å². The molecule has 5 nitrogen and oxygen atoms in total. The van der Waals surface area contributed by atoms with Crippen LogP contribution in [0.2, 0.25) is 5.02 Å². The Morgan fingerprint density at radius 1 is 1.22 bits per heavy atom. The molecule has 3 heterocycles. The van der Waals surface area contributed by atoms with Crippen molar-refractivity contribution < 1.29 is 9.84 Å². The van der Waals surface area contributed by atoms with E-state index >= 15 is 0 Å². The summed E-state index contributed by atoms with van der Waals surface area (Å²) in [5, 5.41) is 11.1. The van der Waals surface area contributed by atoms with E-state index < -0.39 is 0 Å². The number of ether oxygens (including phenoxy) is 1. The second-order valence-electron chi connectivity index (χ2n) is 7.68. The van der Waals surface area contributed by atoms with Gasteiger partial charge in [0.05, 0.1) is 10.7 Å². The quantitative estimate of drug-likeness (QED) is 0.871. The molecule has 0 spiro atoms. The van der Waals surface area contributed by atoms with Crippen molar-refractivity contribution in [2.45, 2.75) is 19.4 Å². The lowest BCUT2D eigenvalue weighted by Gasteiger charge is -2.32. The predicted molar refractivity (Wildman–Crippen MR) is 107 cm³/mol. The number of piperidine rings is 1. The van der Waals surface area contributed by atoms with Crippen LogP contribution in [0.15, 0.2) is 30.5 Å². The van der Waals surface area contributed by atoms with E-state index in [0.717, 1.165) is 42.4 Å². The first-order valence-electron chi connectivity index (χ1n) is 9.60. The monoisotopic (exact) mass is 387 g/mol. The van der Waals surface area contributed by atoms with E-state index in [1.54, 1.807) is 12.3 Å². The van der Waals surface area contributed by atoms with E-state index in [0.29, 0.717) is 17.4 Å². The minimum atomic E-state index is 0.181. The summed E-state index contributed by atoms with van der Waals surface area (Å²) >= 11 is 5.95. The van der Waals surface area contributed by atoms with Crippen molar-refractivity contribution in [3.63, 3.8) is 0 Å². The van der Waals surface area contributed by atoms with Gasteiger partial charge in [-0.25, -0.2) is 0 Å². The minimum absolute atomic E-state index is 0.181. The number of aromatic nitrogens is 1. The molecule has 2 aliphatic rings. The lowest BCUT2D eigenvalue weighted by Crippen LogP contribution is -2.37. The summed E-state index contributed by atoms with van der Waals surface area (Å²) in [5.41, 5.74) is 2.70. The van der Waals surface area contributed by atoms with Crippen LogP contribution >= 0.6 is 11.6 Å². The number of fused-ring (bicyclic) bond motifs is 1. The molecule has 0 unspecified atom stereocenters. The molecule has 1 N–H and O–H groups in total. The van der Waals surface area contributed by atoms with Crippen LogP contribution in [0.25, 0.3) is 11.3 Å². The Morgan fingerprint density at radius 2 is 2.04 bits per heavy atom. The molecule has 0 bridgehead atoms. The molecule has 0 saturated carbocycles. The standard InChI is InChI=1S/C21H26ClN3O2/c1-24-6-4-15(5-7-24)13-25-8-9-27-21-17(14-25)10-16(11-20(21)26)19-3-2-18(22)12-23-19/h2-3,10-12,15,26H,4-9,13-14H2,1H3. The molecule has 1 aromatic carbocycles. The summed E-state index contributed by atoms with van der Waals surface area (Å²) < 4.78 is 5.88. The molecular weight excluding hydrogens is 362 g/mol. The van der Waals surface area contributed by atoms with Crippen LogP contribution in [-0.2, 0) is 6.54 Å². The summed E-state index contributed by atoms with van der Waals surface area (Å²) in [5.74, 6) is 1.52. The van der Waals surface area contributed by atoms with Gasteiger partial charge in [0.1, 0.15) is 6.61 Å². The maximum atomic E-state index is 10.5. The average molecular weight is 388 g/mol. The summed E-state index contributed by atoms with van der Waals surface area (Å²) in [4.78, 5) is 9.24. The van der Waals surface area contributed by atoms with Crippen molar-refractivity contribution in [1.29, 1.82) is 0 Å². The fraction of sp³-hybridized carbons (Fsp3) is 0.476. The number of pyridine rings is 1. The van der Waals surface area contributed by atoms with Crippen LogP contribution in [0, 0.1) is 5.92 Å². The highest BCUT2D eigenvalue weighted by Gasteiger charge is 2.24. The zero-order valence-corrected chi connectivity index (χ0v) is 16.5. The maximum absolute atomic E-state index is 10.5. The molecule has 144 valence electrons. The van der Waals surface area contributed by atoms with Crippen molar-refractivity contribution in [2.24, 2.45) is 5.92 Å². The van der Waals surface area contributed by atoms with Gasteiger partial charge in [0.15, 0.2) is 11.5 Å².